The second kappa shape index (κ2) is 7.70. The number of nitrogens with zero attached hydrogens (tertiary/aromatic N) is 2. The molecule has 154 valence electrons. The van der Waals surface area contributed by atoms with E-state index in [1.165, 1.54) is 24.8 Å². The lowest BCUT2D eigenvalue weighted by molar-refractivity contribution is 0.00130. The Bertz CT molecular complexity index is 674. The van der Waals surface area contributed by atoms with E-state index in [4.69, 9.17) is 0 Å². The summed E-state index contributed by atoms with van der Waals surface area (Å²) in [6.45, 7) is 7.51. The Balaban J connectivity index is 1.56. The van der Waals surface area contributed by atoms with E-state index in [1.807, 2.05) is 0 Å². The Morgan fingerprint density at radius 3 is 2.39 bits per heavy atom. The molecule has 1 heterocycles. The fourth-order valence-electron chi connectivity index (χ4n) is 5.79. The molecular formula is C24H37N3O. The van der Waals surface area contributed by atoms with Gasteiger partial charge in [0.05, 0.1) is 5.54 Å². The van der Waals surface area contributed by atoms with Gasteiger partial charge in [-0.25, -0.2) is 4.79 Å². The van der Waals surface area contributed by atoms with Gasteiger partial charge in [0.15, 0.2) is 0 Å². The van der Waals surface area contributed by atoms with Gasteiger partial charge >= 0.3 is 6.03 Å². The van der Waals surface area contributed by atoms with Crippen molar-refractivity contribution in [2.45, 2.75) is 69.9 Å². The number of hydrogen-bond acceptors (Lipinski definition) is 2. The molecule has 3 fully saturated rings. The molecule has 3 aliphatic rings. The standard InChI is InChI=1S/C24H37N3O/c1-19(2)16-26(3)24(21-10-5-4-6-11-21)14-12-23(13-15-24)18-25-22(28)27(23)17-20-8-7-9-20/h4-6,10-11,19-20H,7-9,12-18H2,1-3H3,(H,25,28). The molecule has 2 amide bonds. The van der Waals surface area contributed by atoms with Gasteiger partial charge in [-0.2, -0.15) is 0 Å². The van der Waals surface area contributed by atoms with Crippen LogP contribution in [-0.2, 0) is 5.54 Å². The van der Waals surface area contributed by atoms with E-state index in [0.717, 1.165) is 51.2 Å². The maximum Gasteiger partial charge on any atom is 0.318 e. The van der Waals surface area contributed by atoms with Crippen LogP contribution in [-0.4, -0.2) is 48.1 Å². The predicted octanol–water partition coefficient (Wildman–Crippen LogP) is 4.61. The predicted molar refractivity (Wildman–Crippen MR) is 114 cm³/mol. The second-order valence-corrected chi connectivity index (χ2v) is 9.96. The van der Waals surface area contributed by atoms with Crippen molar-refractivity contribution in [3.05, 3.63) is 35.9 Å². The molecule has 1 aliphatic heterocycles. The summed E-state index contributed by atoms with van der Waals surface area (Å²) in [7, 11) is 2.30. The fourth-order valence-corrected chi connectivity index (χ4v) is 5.79. The molecule has 0 bridgehead atoms. The minimum absolute atomic E-state index is 0.0314. The van der Waals surface area contributed by atoms with Crippen LogP contribution in [0.5, 0.6) is 0 Å². The van der Waals surface area contributed by atoms with Gasteiger partial charge < -0.3 is 10.2 Å². The van der Waals surface area contributed by atoms with Gasteiger partial charge in [0.2, 0.25) is 0 Å². The summed E-state index contributed by atoms with van der Waals surface area (Å²) in [5, 5.41) is 3.19. The van der Waals surface area contributed by atoms with Gasteiger partial charge in [0.25, 0.3) is 0 Å². The van der Waals surface area contributed by atoms with E-state index in [0.29, 0.717) is 5.92 Å². The van der Waals surface area contributed by atoms with Crippen molar-refractivity contribution in [1.29, 1.82) is 0 Å². The first-order valence-electron chi connectivity index (χ1n) is 11.3. The molecular weight excluding hydrogens is 346 g/mol. The average Bonchev–Trinajstić information content (AvgIpc) is 2.95. The fraction of sp³-hybridized carbons (Fsp3) is 0.708. The number of urea groups is 1. The van der Waals surface area contributed by atoms with Gasteiger partial charge in [0, 0.05) is 25.2 Å². The SMILES string of the molecule is CC(C)CN(C)C1(c2ccccc2)CCC2(CC1)CNC(=O)N2CC1CCC1. The average molecular weight is 384 g/mol. The van der Waals surface area contributed by atoms with Crippen LogP contribution in [0, 0.1) is 11.8 Å². The van der Waals surface area contributed by atoms with Crippen LogP contribution in [0.3, 0.4) is 0 Å². The van der Waals surface area contributed by atoms with Gasteiger partial charge in [-0.1, -0.05) is 50.6 Å². The maximum absolute atomic E-state index is 12.6. The highest BCUT2D eigenvalue weighted by molar-refractivity contribution is 5.78. The number of hydrogen-bond donors (Lipinski definition) is 1. The third-order valence-corrected chi connectivity index (χ3v) is 7.74. The number of benzene rings is 1. The second-order valence-electron chi connectivity index (χ2n) is 9.96. The summed E-state index contributed by atoms with van der Waals surface area (Å²) in [5.74, 6) is 1.37. The lowest BCUT2D eigenvalue weighted by atomic mass is 9.67. The molecule has 4 heteroatoms. The zero-order valence-corrected chi connectivity index (χ0v) is 17.9. The molecule has 0 aromatic heterocycles. The first-order chi connectivity index (χ1) is 13.5. The van der Waals surface area contributed by atoms with E-state index in [1.54, 1.807) is 0 Å². The molecule has 4 nitrogen and oxygen atoms in total. The van der Waals surface area contributed by atoms with Gasteiger partial charge in [-0.3, -0.25) is 4.90 Å². The molecule has 1 aromatic carbocycles. The summed E-state index contributed by atoms with van der Waals surface area (Å²) >= 11 is 0. The first kappa shape index (κ1) is 19.8. The van der Waals surface area contributed by atoms with Crippen molar-refractivity contribution in [2.24, 2.45) is 11.8 Å². The minimum atomic E-state index is 0.0314. The Morgan fingerprint density at radius 1 is 1.14 bits per heavy atom. The molecule has 1 spiro atoms. The summed E-state index contributed by atoms with van der Waals surface area (Å²) in [6, 6.07) is 11.2. The number of amides is 2. The highest BCUT2D eigenvalue weighted by atomic mass is 16.2. The molecule has 0 unspecified atom stereocenters. The van der Waals surface area contributed by atoms with E-state index in [2.05, 4.69) is 66.3 Å². The van der Waals surface area contributed by atoms with Crippen molar-refractivity contribution in [3.63, 3.8) is 0 Å². The van der Waals surface area contributed by atoms with Crippen LogP contribution in [0.25, 0.3) is 0 Å². The summed E-state index contributed by atoms with van der Waals surface area (Å²) < 4.78 is 0. The van der Waals surface area contributed by atoms with E-state index in [9.17, 15) is 4.79 Å². The highest BCUT2D eigenvalue weighted by Gasteiger charge is 2.52. The van der Waals surface area contributed by atoms with Crippen LogP contribution in [0.1, 0.15) is 64.4 Å². The summed E-state index contributed by atoms with van der Waals surface area (Å²) in [5.41, 5.74) is 1.56. The lowest BCUT2D eigenvalue weighted by Crippen LogP contribution is -2.57. The Morgan fingerprint density at radius 2 is 1.82 bits per heavy atom. The monoisotopic (exact) mass is 383 g/mol. The van der Waals surface area contributed by atoms with Gasteiger partial charge in [0.1, 0.15) is 0 Å². The van der Waals surface area contributed by atoms with Gasteiger partial charge in [-0.05, 0) is 63.0 Å². The van der Waals surface area contributed by atoms with Crippen LogP contribution >= 0.6 is 0 Å². The van der Waals surface area contributed by atoms with E-state index >= 15 is 0 Å². The van der Waals surface area contributed by atoms with E-state index < -0.39 is 0 Å². The molecule has 1 aromatic rings. The van der Waals surface area contributed by atoms with Crippen molar-refractivity contribution in [1.82, 2.24) is 15.1 Å². The number of nitrogens with one attached hydrogen (secondary N) is 1. The molecule has 0 atom stereocenters. The highest BCUT2D eigenvalue weighted by Crippen LogP contribution is 2.48. The van der Waals surface area contributed by atoms with Gasteiger partial charge in [-0.15, -0.1) is 0 Å². The molecule has 4 rings (SSSR count). The zero-order chi connectivity index (χ0) is 19.8. The van der Waals surface area contributed by atoms with E-state index in [-0.39, 0.29) is 17.1 Å². The molecule has 1 N–H and O–H groups in total. The van der Waals surface area contributed by atoms with Crippen LogP contribution < -0.4 is 5.32 Å². The summed E-state index contributed by atoms with van der Waals surface area (Å²) in [6.07, 6.45) is 8.36. The van der Waals surface area contributed by atoms with Crippen LogP contribution in [0.15, 0.2) is 30.3 Å². The maximum atomic E-state index is 12.6. The van der Waals surface area contributed by atoms with Crippen molar-refractivity contribution < 1.29 is 4.79 Å². The molecule has 28 heavy (non-hydrogen) atoms. The largest absolute Gasteiger partial charge is 0.336 e. The number of carbonyl (C=O) groups excluding carboxylic acids is 1. The molecule has 2 aliphatic carbocycles. The minimum Gasteiger partial charge on any atom is -0.336 e. The topological polar surface area (TPSA) is 35.6 Å². The number of carbonyl (C=O) groups is 1. The normalized spacial score (nSPS) is 30.9. The third kappa shape index (κ3) is 3.45. The smallest absolute Gasteiger partial charge is 0.318 e. The Hall–Kier alpha value is -1.55. The number of rotatable bonds is 6. The Kier molecular flexibility index (Phi) is 5.43. The first-order valence-corrected chi connectivity index (χ1v) is 11.3. The van der Waals surface area contributed by atoms with Crippen LogP contribution in [0.2, 0.25) is 0 Å². The zero-order valence-electron chi connectivity index (χ0n) is 17.9. The summed E-state index contributed by atoms with van der Waals surface area (Å²) in [4.78, 5) is 17.5. The molecule has 1 saturated heterocycles. The van der Waals surface area contributed by atoms with Crippen LogP contribution in [0.4, 0.5) is 4.79 Å². The Labute approximate surface area is 170 Å². The third-order valence-electron chi connectivity index (χ3n) is 7.74. The quantitative estimate of drug-likeness (QED) is 0.779. The molecule has 2 saturated carbocycles. The lowest BCUT2D eigenvalue weighted by Gasteiger charge is -2.52. The molecule has 0 radical (unpaired) electrons. The van der Waals surface area contributed by atoms with Crippen molar-refractivity contribution >= 4 is 6.03 Å². The van der Waals surface area contributed by atoms with Crippen molar-refractivity contribution in [2.75, 3.05) is 26.7 Å². The van der Waals surface area contributed by atoms with Crippen molar-refractivity contribution in [3.8, 4) is 0 Å².